The normalized spacial score (nSPS) is 15.4. The highest BCUT2D eigenvalue weighted by molar-refractivity contribution is 7.13. The van der Waals surface area contributed by atoms with Gasteiger partial charge in [0.1, 0.15) is 5.01 Å². The standard InChI is InChI=1S/C18H24N4OS/c1-21(11-12-22-9-3-2-4-10-22)17(23)13-16-14-24-18(20-16)15-5-7-19-8-6-15/h5-8,14H,2-4,9-13H2,1H3. The summed E-state index contributed by atoms with van der Waals surface area (Å²) in [5.41, 5.74) is 1.90. The van der Waals surface area contributed by atoms with Crippen LogP contribution in [0.4, 0.5) is 0 Å². The van der Waals surface area contributed by atoms with Crippen LogP contribution in [0, 0.1) is 0 Å². The third kappa shape index (κ3) is 4.61. The van der Waals surface area contributed by atoms with E-state index in [4.69, 9.17) is 0 Å². The van der Waals surface area contributed by atoms with Crippen molar-refractivity contribution >= 4 is 17.2 Å². The number of nitrogens with zero attached hydrogens (tertiary/aromatic N) is 4. The summed E-state index contributed by atoms with van der Waals surface area (Å²) >= 11 is 1.57. The largest absolute Gasteiger partial charge is 0.344 e. The van der Waals surface area contributed by atoms with Crippen LogP contribution >= 0.6 is 11.3 Å². The van der Waals surface area contributed by atoms with Crippen LogP contribution in [0.5, 0.6) is 0 Å². The number of hydrogen-bond acceptors (Lipinski definition) is 5. The summed E-state index contributed by atoms with van der Waals surface area (Å²) in [6, 6.07) is 3.88. The molecular formula is C18H24N4OS. The average molecular weight is 344 g/mol. The van der Waals surface area contributed by atoms with E-state index in [1.807, 2.05) is 29.5 Å². The van der Waals surface area contributed by atoms with Crippen LogP contribution in [0.1, 0.15) is 25.0 Å². The fourth-order valence-corrected chi connectivity index (χ4v) is 3.73. The van der Waals surface area contributed by atoms with Crippen molar-refractivity contribution < 1.29 is 4.79 Å². The predicted molar refractivity (Wildman–Crippen MR) is 97.0 cm³/mol. The molecule has 3 rings (SSSR count). The maximum Gasteiger partial charge on any atom is 0.228 e. The van der Waals surface area contributed by atoms with E-state index in [0.29, 0.717) is 6.42 Å². The molecule has 24 heavy (non-hydrogen) atoms. The minimum atomic E-state index is 0.138. The van der Waals surface area contributed by atoms with E-state index < -0.39 is 0 Å². The van der Waals surface area contributed by atoms with Gasteiger partial charge in [-0.15, -0.1) is 11.3 Å². The topological polar surface area (TPSA) is 49.3 Å². The molecule has 0 aliphatic carbocycles. The van der Waals surface area contributed by atoms with Crippen molar-refractivity contribution in [2.24, 2.45) is 0 Å². The molecule has 2 aromatic rings. The van der Waals surface area contributed by atoms with Crippen molar-refractivity contribution in [2.45, 2.75) is 25.7 Å². The Kier molecular flexibility index (Phi) is 5.93. The van der Waals surface area contributed by atoms with Gasteiger partial charge in [-0.25, -0.2) is 4.98 Å². The number of piperidine rings is 1. The lowest BCUT2D eigenvalue weighted by Crippen LogP contribution is -2.39. The van der Waals surface area contributed by atoms with Crippen molar-refractivity contribution in [3.8, 4) is 10.6 Å². The fraction of sp³-hybridized carbons (Fsp3) is 0.500. The van der Waals surface area contributed by atoms with Gasteiger partial charge in [-0.2, -0.15) is 0 Å². The van der Waals surface area contributed by atoms with E-state index in [0.717, 1.165) is 29.4 Å². The van der Waals surface area contributed by atoms with Crippen LogP contribution in [-0.2, 0) is 11.2 Å². The summed E-state index contributed by atoms with van der Waals surface area (Å²) in [5, 5.41) is 2.92. The molecule has 0 unspecified atom stereocenters. The lowest BCUT2D eigenvalue weighted by molar-refractivity contribution is -0.129. The van der Waals surface area contributed by atoms with Crippen LogP contribution < -0.4 is 0 Å². The monoisotopic (exact) mass is 344 g/mol. The number of carbonyl (C=O) groups is 1. The molecule has 128 valence electrons. The number of pyridine rings is 1. The number of hydrogen-bond donors (Lipinski definition) is 0. The second-order valence-corrected chi connectivity index (χ2v) is 7.13. The second kappa shape index (κ2) is 8.35. The van der Waals surface area contributed by atoms with E-state index in [1.54, 1.807) is 23.7 Å². The first kappa shape index (κ1) is 17.0. The van der Waals surface area contributed by atoms with E-state index in [2.05, 4.69) is 14.9 Å². The molecule has 0 atom stereocenters. The SMILES string of the molecule is CN(CCN1CCCCC1)C(=O)Cc1csc(-c2ccncc2)n1. The summed E-state index contributed by atoms with van der Waals surface area (Å²) in [6.07, 6.45) is 7.81. The smallest absolute Gasteiger partial charge is 0.228 e. The highest BCUT2D eigenvalue weighted by Crippen LogP contribution is 2.23. The summed E-state index contributed by atoms with van der Waals surface area (Å²) in [6.45, 7) is 4.11. The fourth-order valence-electron chi connectivity index (χ4n) is 2.90. The molecule has 1 amide bonds. The van der Waals surface area contributed by atoms with Crippen molar-refractivity contribution in [3.63, 3.8) is 0 Å². The van der Waals surface area contributed by atoms with Gasteiger partial charge in [-0.05, 0) is 38.1 Å². The van der Waals surface area contributed by atoms with E-state index in [-0.39, 0.29) is 5.91 Å². The maximum absolute atomic E-state index is 12.4. The van der Waals surface area contributed by atoms with E-state index in [1.165, 1.54) is 32.4 Å². The molecule has 0 radical (unpaired) electrons. The summed E-state index contributed by atoms with van der Waals surface area (Å²) < 4.78 is 0. The average Bonchev–Trinajstić information content (AvgIpc) is 3.10. The highest BCUT2D eigenvalue weighted by Gasteiger charge is 2.15. The van der Waals surface area contributed by atoms with Crippen LogP contribution in [0.2, 0.25) is 0 Å². The van der Waals surface area contributed by atoms with Crippen LogP contribution in [0.3, 0.4) is 0 Å². The quantitative estimate of drug-likeness (QED) is 0.808. The third-order valence-electron chi connectivity index (χ3n) is 4.44. The van der Waals surface area contributed by atoms with Gasteiger partial charge in [0.2, 0.25) is 5.91 Å². The van der Waals surface area contributed by atoms with Gasteiger partial charge in [-0.1, -0.05) is 6.42 Å². The minimum absolute atomic E-state index is 0.138. The minimum Gasteiger partial charge on any atom is -0.344 e. The van der Waals surface area contributed by atoms with Crippen molar-refractivity contribution in [3.05, 3.63) is 35.6 Å². The molecule has 1 saturated heterocycles. The van der Waals surface area contributed by atoms with Gasteiger partial charge in [0.15, 0.2) is 0 Å². The van der Waals surface area contributed by atoms with Gasteiger partial charge in [-0.3, -0.25) is 9.78 Å². The molecule has 5 nitrogen and oxygen atoms in total. The molecule has 0 N–H and O–H groups in total. The van der Waals surface area contributed by atoms with Crippen LogP contribution in [0.15, 0.2) is 29.9 Å². The number of amides is 1. The van der Waals surface area contributed by atoms with Crippen molar-refractivity contribution in [1.29, 1.82) is 0 Å². The summed E-state index contributed by atoms with van der Waals surface area (Å²) in [7, 11) is 1.89. The summed E-state index contributed by atoms with van der Waals surface area (Å²) in [4.78, 5) is 25.3. The van der Waals surface area contributed by atoms with Gasteiger partial charge in [0, 0.05) is 43.5 Å². The molecule has 0 bridgehead atoms. The first-order valence-electron chi connectivity index (χ1n) is 8.53. The lowest BCUT2D eigenvalue weighted by atomic mass is 10.1. The Hall–Kier alpha value is -1.79. The molecule has 3 heterocycles. The van der Waals surface area contributed by atoms with Gasteiger partial charge in [0.25, 0.3) is 0 Å². The molecule has 0 saturated carbocycles. The zero-order valence-corrected chi connectivity index (χ0v) is 15.0. The van der Waals surface area contributed by atoms with Crippen LogP contribution in [0.25, 0.3) is 10.6 Å². The molecular weight excluding hydrogens is 320 g/mol. The first-order valence-corrected chi connectivity index (χ1v) is 9.41. The summed E-state index contributed by atoms with van der Waals surface area (Å²) in [5.74, 6) is 0.138. The maximum atomic E-state index is 12.4. The Morgan fingerprint density at radius 1 is 1.25 bits per heavy atom. The Labute approximate surface area is 147 Å². The number of carbonyl (C=O) groups excluding carboxylic acids is 1. The van der Waals surface area contributed by atoms with Crippen molar-refractivity contribution in [1.82, 2.24) is 19.8 Å². The third-order valence-corrected chi connectivity index (χ3v) is 5.38. The van der Waals surface area contributed by atoms with Crippen molar-refractivity contribution in [2.75, 3.05) is 33.2 Å². The lowest BCUT2D eigenvalue weighted by Gasteiger charge is -2.28. The Balaban J connectivity index is 1.50. The number of likely N-dealkylation sites (N-methyl/N-ethyl adjacent to an activating group) is 1. The van der Waals surface area contributed by atoms with E-state index >= 15 is 0 Å². The second-order valence-electron chi connectivity index (χ2n) is 6.27. The molecule has 0 aromatic carbocycles. The molecule has 2 aromatic heterocycles. The number of thiazole rings is 1. The Bertz CT molecular complexity index is 652. The molecule has 1 aliphatic rings. The highest BCUT2D eigenvalue weighted by atomic mass is 32.1. The molecule has 1 fully saturated rings. The number of likely N-dealkylation sites (tertiary alicyclic amines) is 1. The zero-order valence-electron chi connectivity index (χ0n) is 14.1. The Morgan fingerprint density at radius 3 is 2.75 bits per heavy atom. The van der Waals surface area contributed by atoms with Gasteiger partial charge in [0.05, 0.1) is 12.1 Å². The first-order chi connectivity index (χ1) is 11.7. The molecule has 0 spiro atoms. The zero-order chi connectivity index (χ0) is 16.8. The predicted octanol–water partition coefficient (Wildman–Crippen LogP) is 2.69. The van der Waals surface area contributed by atoms with E-state index in [9.17, 15) is 4.79 Å². The number of rotatable bonds is 6. The van der Waals surface area contributed by atoms with Gasteiger partial charge >= 0.3 is 0 Å². The number of aromatic nitrogens is 2. The Morgan fingerprint density at radius 2 is 2.00 bits per heavy atom. The molecule has 1 aliphatic heterocycles. The van der Waals surface area contributed by atoms with Gasteiger partial charge < -0.3 is 9.80 Å². The van der Waals surface area contributed by atoms with Crippen LogP contribution in [-0.4, -0.2) is 58.9 Å². The molecule has 6 heteroatoms.